The lowest BCUT2D eigenvalue weighted by Gasteiger charge is -2.09. The van der Waals surface area contributed by atoms with Gasteiger partial charge in [0.15, 0.2) is 0 Å². The number of benzene rings is 2. The highest BCUT2D eigenvalue weighted by atomic mass is 32.1. The first kappa shape index (κ1) is 20.9. The van der Waals surface area contributed by atoms with Crippen molar-refractivity contribution in [3.8, 4) is 11.1 Å². The van der Waals surface area contributed by atoms with Gasteiger partial charge >= 0.3 is 0 Å². The summed E-state index contributed by atoms with van der Waals surface area (Å²) in [4.78, 5) is 30.5. The number of amides is 1. The minimum Gasteiger partial charge on any atom is -0.325 e. The Hall–Kier alpha value is -3.32. The second-order valence-electron chi connectivity index (χ2n) is 7.36. The molecule has 2 aromatic heterocycles. The SMILES string of the molecule is CCCCc1ccc(NC(=O)Cn2cnc3scc(-c4ccc(F)cc4)c3c2=O)cc1. The molecule has 0 radical (unpaired) electrons. The number of carbonyl (C=O) groups is 1. The molecule has 0 aliphatic heterocycles. The normalized spacial score (nSPS) is 11.0. The third-order valence-electron chi connectivity index (χ3n) is 5.09. The number of rotatable bonds is 7. The summed E-state index contributed by atoms with van der Waals surface area (Å²) in [5, 5.41) is 5.10. The third kappa shape index (κ3) is 4.72. The van der Waals surface area contributed by atoms with Crippen molar-refractivity contribution in [2.24, 2.45) is 0 Å². The molecule has 7 heteroatoms. The molecule has 5 nitrogen and oxygen atoms in total. The molecule has 0 fully saturated rings. The highest BCUT2D eigenvalue weighted by Gasteiger charge is 2.15. The Kier molecular flexibility index (Phi) is 6.23. The highest BCUT2D eigenvalue weighted by Crippen LogP contribution is 2.30. The van der Waals surface area contributed by atoms with Crippen LogP contribution in [0.5, 0.6) is 0 Å². The molecule has 4 rings (SSSR count). The third-order valence-corrected chi connectivity index (χ3v) is 5.97. The molecule has 0 aliphatic carbocycles. The van der Waals surface area contributed by atoms with Crippen LogP contribution in [-0.4, -0.2) is 15.5 Å². The lowest BCUT2D eigenvalue weighted by molar-refractivity contribution is -0.116. The van der Waals surface area contributed by atoms with E-state index in [1.165, 1.54) is 39.9 Å². The average molecular weight is 436 g/mol. The van der Waals surface area contributed by atoms with Gasteiger partial charge in [-0.05, 0) is 48.2 Å². The average Bonchev–Trinajstić information content (AvgIpc) is 3.21. The van der Waals surface area contributed by atoms with Crippen molar-refractivity contribution in [1.82, 2.24) is 9.55 Å². The first-order chi connectivity index (χ1) is 15.0. The van der Waals surface area contributed by atoms with Gasteiger partial charge in [0.1, 0.15) is 17.2 Å². The number of thiophene rings is 1. The van der Waals surface area contributed by atoms with E-state index in [4.69, 9.17) is 0 Å². The van der Waals surface area contributed by atoms with E-state index < -0.39 is 0 Å². The fraction of sp³-hybridized carbons (Fsp3) is 0.208. The number of unbranched alkanes of at least 4 members (excludes halogenated alkanes) is 1. The van der Waals surface area contributed by atoms with Crippen molar-refractivity contribution in [2.75, 3.05) is 5.32 Å². The van der Waals surface area contributed by atoms with Gasteiger partial charge in [-0.1, -0.05) is 37.6 Å². The maximum atomic E-state index is 13.3. The van der Waals surface area contributed by atoms with Gasteiger partial charge in [0.25, 0.3) is 5.56 Å². The van der Waals surface area contributed by atoms with Crippen LogP contribution >= 0.6 is 11.3 Å². The van der Waals surface area contributed by atoms with Gasteiger partial charge in [0.2, 0.25) is 5.91 Å². The molecule has 2 heterocycles. The van der Waals surface area contributed by atoms with E-state index in [1.807, 2.05) is 29.6 Å². The first-order valence-corrected chi connectivity index (χ1v) is 11.0. The fourth-order valence-electron chi connectivity index (χ4n) is 3.41. The van der Waals surface area contributed by atoms with Crippen LogP contribution in [0.2, 0.25) is 0 Å². The van der Waals surface area contributed by atoms with Crippen molar-refractivity contribution < 1.29 is 9.18 Å². The second kappa shape index (κ2) is 9.22. The van der Waals surface area contributed by atoms with Crippen molar-refractivity contribution in [3.63, 3.8) is 0 Å². The van der Waals surface area contributed by atoms with Crippen LogP contribution in [0.3, 0.4) is 0 Å². The van der Waals surface area contributed by atoms with E-state index >= 15 is 0 Å². The molecule has 0 atom stereocenters. The predicted octanol–water partition coefficient (Wildman–Crippen LogP) is 5.25. The Morgan fingerprint density at radius 2 is 1.87 bits per heavy atom. The van der Waals surface area contributed by atoms with Crippen LogP contribution < -0.4 is 10.9 Å². The molecule has 0 unspecified atom stereocenters. The van der Waals surface area contributed by atoms with Crippen molar-refractivity contribution in [3.05, 3.63) is 82.0 Å². The van der Waals surface area contributed by atoms with E-state index in [-0.39, 0.29) is 23.8 Å². The molecule has 0 aliphatic rings. The summed E-state index contributed by atoms with van der Waals surface area (Å²) >= 11 is 1.35. The summed E-state index contributed by atoms with van der Waals surface area (Å²) < 4.78 is 14.6. The van der Waals surface area contributed by atoms with E-state index in [9.17, 15) is 14.0 Å². The summed E-state index contributed by atoms with van der Waals surface area (Å²) in [7, 11) is 0. The number of halogens is 1. The second-order valence-corrected chi connectivity index (χ2v) is 8.22. The van der Waals surface area contributed by atoms with Crippen LogP contribution in [0.1, 0.15) is 25.3 Å². The number of aryl methyl sites for hydroxylation is 1. The van der Waals surface area contributed by atoms with Crippen LogP contribution in [0.25, 0.3) is 21.3 Å². The molecule has 2 aromatic carbocycles. The smallest absolute Gasteiger partial charge is 0.263 e. The molecular weight excluding hydrogens is 413 g/mol. The maximum absolute atomic E-state index is 13.3. The number of hydrogen-bond donors (Lipinski definition) is 1. The van der Waals surface area contributed by atoms with E-state index in [2.05, 4.69) is 17.2 Å². The Labute approximate surface area is 183 Å². The van der Waals surface area contributed by atoms with Gasteiger partial charge in [0, 0.05) is 16.6 Å². The van der Waals surface area contributed by atoms with Gasteiger partial charge in [-0.25, -0.2) is 9.37 Å². The largest absolute Gasteiger partial charge is 0.325 e. The van der Waals surface area contributed by atoms with Gasteiger partial charge in [0.05, 0.1) is 11.7 Å². The fourth-order valence-corrected chi connectivity index (χ4v) is 4.32. The number of fused-ring (bicyclic) bond motifs is 1. The predicted molar refractivity (Wildman–Crippen MR) is 123 cm³/mol. The Bertz CT molecular complexity index is 1260. The number of hydrogen-bond acceptors (Lipinski definition) is 4. The van der Waals surface area contributed by atoms with E-state index in [1.54, 1.807) is 12.1 Å². The number of nitrogens with one attached hydrogen (secondary N) is 1. The molecular formula is C24H22FN3O2S. The monoisotopic (exact) mass is 435 g/mol. The molecule has 0 saturated carbocycles. The van der Waals surface area contributed by atoms with Crippen LogP contribution in [-0.2, 0) is 17.8 Å². The summed E-state index contributed by atoms with van der Waals surface area (Å²) in [5.41, 5.74) is 3.05. The van der Waals surface area contributed by atoms with Crippen LogP contribution in [0.15, 0.2) is 65.0 Å². The van der Waals surface area contributed by atoms with E-state index in [0.29, 0.717) is 21.5 Å². The molecule has 0 saturated heterocycles. The topological polar surface area (TPSA) is 64.0 Å². The molecule has 158 valence electrons. The summed E-state index contributed by atoms with van der Waals surface area (Å²) in [6, 6.07) is 13.7. The number of aromatic nitrogens is 2. The number of nitrogens with zero attached hydrogens (tertiary/aromatic N) is 2. The van der Waals surface area contributed by atoms with Crippen molar-refractivity contribution in [2.45, 2.75) is 32.7 Å². The van der Waals surface area contributed by atoms with Crippen molar-refractivity contribution >= 4 is 33.1 Å². The molecule has 1 N–H and O–H groups in total. The van der Waals surface area contributed by atoms with Gasteiger partial charge in [-0.15, -0.1) is 11.3 Å². The Morgan fingerprint density at radius 1 is 1.13 bits per heavy atom. The summed E-state index contributed by atoms with van der Waals surface area (Å²) in [6.45, 7) is 2.01. The van der Waals surface area contributed by atoms with Gasteiger partial charge in [-0.2, -0.15) is 0 Å². The van der Waals surface area contributed by atoms with Gasteiger partial charge in [-0.3, -0.25) is 14.2 Å². The van der Waals surface area contributed by atoms with E-state index in [0.717, 1.165) is 24.8 Å². The Morgan fingerprint density at radius 3 is 2.58 bits per heavy atom. The Balaban J connectivity index is 1.54. The van der Waals surface area contributed by atoms with Gasteiger partial charge < -0.3 is 5.32 Å². The molecule has 4 aromatic rings. The quantitative estimate of drug-likeness (QED) is 0.431. The zero-order valence-electron chi connectivity index (χ0n) is 17.1. The number of anilines is 1. The zero-order chi connectivity index (χ0) is 21.8. The molecule has 31 heavy (non-hydrogen) atoms. The van der Waals surface area contributed by atoms with Crippen LogP contribution in [0.4, 0.5) is 10.1 Å². The van der Waals surface area contributed by atoms with Crippen molar-refractivity contribution in [1.29, 1.82) is 0 Å². The highest BCUT2D eigenvalue weighted by molar-refractivity contribution is 7.17. The first-order valence-electron chi connectivity index (χ1n) is 10.2. The maximum Gasteiger partial charge on any atom is 0.263 e. The summed E-state index contributed by atoms with van der Waals surface area (Å²) in [6.07, 6.45) is 4.68. The summed E-state index contributed by atoms with van der Waals surface area (Å²) in [5.74, 6) is -0.642. The van der Waals surface area contributed by atoms with Crippen LogP contribution in [0, 0.1) is 5.82 Å². The molecule has 1 amide bonds. The zero-order valence-corrected chi connectivity index (χ0v) is 17.9. The minimum absolute atomic E-state index is 0.141. The lowest BCUT2D eigenvalue weighted by Crippen LogP contribution is -2.27. The standard InChI is InChI=1S/C24H22FN3O2S/c1-2-3-4-16-5-11-19(12-6-16)27-21(29)13-28-15-26-23-22(24(28)30)20(14-31-23)17-7-9-18(25)10-8-17/h5-12,14-15H,2-4,13H2,1H3,(H,27,29). The lowest BCUT2D eigenvalue weighted by atomic mass is 10.1. The minimum atomic E-state index is -0.339. The molecule has 0 spiro atoms. The number of carbonyl (C=O) groups excluding carboxylic acids is 1. The molecule has 0 bridgehead atoms.